The zero-order valence-corrected chi connectivity index (χ0v) is 11.6. The van der Waals surface area contributed by atoms with Crippen molar-refractivity contribution in [2.24, 2.45) is 0 Å². The first kappa shape index (κ1) is 15.0. The van der Waals surface area contributed by atoms with Crippen molar-refractivity contribution >= 4 is 0 Å². The van der Waals surface area contributed by atoms with Crippen LogP contribution >= 0.6 is 0 Å². The van der Waals surface area contributed by atoms with Crippen molar-refractivity contribution in [1.29, 1.82) is 0 Å². The Bertz CT molecular complexity index is 354. The minimum absolute atomic E-state index is 0.169. The van der Waals surface area contributed by atoms with E-state index < -0.39 is 0 Å². The number of aryl methyl sites for hydroxylation is 1. The fourth-order valence-corrected chi connectivity index (χ4v) is 2.21. The summed E-state index contributed by atoms with van der Waals surface area (Å²) < 4.78 is 4.84. The van der Waals surface area contributed by atoms with Gasteiger partial charge in [0.05, 0.1) is 6.26 Å². The van der Waals surface area contributed by atoms with E-state index in [1.165, 1.54) is 57.6 Å². The molecule has 1 aromatic heterocycles. The molecule has 102 valence electrons. The lowest BCUT2D eigenvalue weighted by molar-refractivity contribution is 0.497. The Kier molecular flexibility index (Phi) is 8.28. The van der Waals surface area contributed by atoms with Crippen molar-refractivity contribution in [3.05, 3.63) is 34.4 Å². The lowest BCUT2D eigenvalue weighted by atomic mass is 10.0. The van der Waals surface area contributed by atoms with E-state index in [1.807, 2.05) is 6.07 Å². The number of hydrogen-bond acceptors (Lipinski definition) is 2. The summed E-state index contributed by atoms with van der Waals surface area (Å²) in [7, 11) is 0. The quantitative estimate of drug-likeness (QED) is 0.563. The van der Waals surface area contributed by atoms with Gasteiger partial charge >= 0.3 is 5.63 Å². The monoisotopic (exact) mass is 250 g/mol. The second-order valence-corrected chi connectivity index (χ2v) is 5.00. The number of rotatable bonds is 10. The molecule has 0 amide bonds. The van der Waals surface area contributed by atoms with E-state index in [9.17, 15) is 4.79 Å². The fraction of sp³-hybridized carbons (Fsp3) is 0.688. The summed E-state index contributed by atoms with van der Waals surface area (Å²) in [5.41, 5.74) is 0.650. The van der Waals surface area contributed by atoms with Crippen LogP contribution in [0.25, 0.3) is 0 Å². The van der Waals surface area contributed by atoms with Crippen LogP contribution in [0.2, 0.25) is 0 Å². The minimum atomic E-state index is -0.169. The van der Waals surface area contributed by atoms with Crippen molar-refractivity contribution in [2.75, 3.05) is 0 Å². The molecule has 0 atom stereocenters. The smallest absolute Gasteiger partial charge is 0.338 e. The standard InChI is InChI=1S/C16H26O2/c1-2-3-4-5-6-7-8-9-10-12-15-13-11-14-18-16(15)17/h11,13-14H,2-10,12H2,1H3. The van der Waals surface area contributed by atoms with Gasteiger partial charge in [0.25, 0.3) is 0 Å². The van der Waals surface area contributed by atoms with Crippen LogP contribution in [0.5, 0.6) is 0 Å². The highest BCUT2D eigenvalue weighted by atomic mass is 16.4. The highest BCUT2D eigenvalue weighted by Crippen LogP contribution is 2.10. The largest absolute Gasteiger partial charge is 0.431 e. The Balaban J connectivity index is 1.96. The van der Waals surface area contributed by atoms with Gasteiger partial charge in [0, 0.05) is 5.56 Å². The Morgan fingerprint density at radius 3 is 2.17 bits per heavy atom. The van der Waals surface area contributed by atoms with Crippen LogP contribution in [0.4, 0.5) is 0 Å². The number of unbranched alkanes of at least 4 members (excludes halogenated alkanes) is 8. The summed E-state index contributed by atoms with van der Waals surface area (Å²) >= 11 is 0. The van der Waals surface area contributed by atoms with Crippen molar-refractivity contribution in [3.63, 3.8) is 0 Å². The number of hydrogen-bond donors (Lipinski definition) is 0. The molecule has 0 N–H and O–H groups in total. The van der Waals surface area contributed by atoms with Crippen LogP contribution < -0.4 is 5.63 Å². The molecular weight excluding hydrogens is 224 g/mol. The Morgan fingerprint density at radius 2 is 1.56 bits per heavy atom. The maximum atomic E-state index is 11.3. The van der Waals surface area contributed by atoms with Gasteiger partial charge in [-0.05, 0) is 25.0 Å². The van der Waals surface area contributed by atoms with E-state index in [0.717, 1.165) is 18.4 Å². The first-order valence-electron chi connectivity index (χ1n) is 7.41. The van der Waals surface area contributed by atoms with Crippen LogP contribution in [-0.2, 0) is 6.42 Å². The zero-order chi connectivity index (χ0) is 13.1. The van der Waals surface area contributed by atoms with Gasteiger partial charge in [0.1, 0.15) is 0 Å². The maximum Gasteiger partial charge on any atom is 0.338 e. The maximum absolute atomic E-state index is 11.3. The summed E-state index contributed by atoms with van der Waals surface area (Å²) in [5.74, 6) is 0. The summed E-state index contributed by atoms with van der Waals surface area (Å²) in [4.78, 5) is 11.3. The topological polar surface area (TPSA) is 30.2 Å². The molecule has 2 nitrogen and oxygen atoms in total. The second-order valence-electron chi connectivity index (χ2n) is 5.00. The van der Waals surface area contributed by atoms with Crippen molar-refractivity contribution in [3.8, 4) is 0 Å². The first-order chi connectivity index (χ1) is 8.84. The van der Waals surface area contributed by atoms with Gasteiger partial charge in [-0.3, -0.25) is 0 Å². The van der Waals surface area contributed by atoms with E-state index in [1.54, 1.807) is 6.07 Å². The molecule has 0 aliphatic rings. The summed E-state index contributed by atoms with van der Waals surface area (Å²) in [6.45, 7) is 2.25. The first-order valence-corrected chi connectivity index (χ1v) is 7.41. The van der Waals surface area contributed by atoms with Crippen LogP contribution in [0.1, 0.15) is 70.3 Å². The predicted octanol–water partition coefficient (Wildman–Crippen LogP) is 4.71. The molecule has 1 rings (SSSR count). The lowest BCUT2D eigenvalue weighted by Gasteiger charge is -2.01. The average molecular weight is 250 g/mol. The van der Waals surface area contributed by atoms with Gasteiger partial charge in [0.15, 0.2) is 0 Å². The van der Waals surface area contributed by atoms with Crippen molar-refractivity contribution in [2.45, 2.75) is 71.1 Å². The SMILES string of the molecule is CCCCCCCCCCCc1cccoc1=O. The summed E-state index contributed by atoms with van der Waals surface area (Å²) in [5, 5.41) is 0. The van der Waals surface area contributed by atoms with Gasteiger partial charge in [-0.2, -0.15) is 0 Å². The highest BCUT2D eigenvalue weighted by molar-refractivity contribution is 5.06. The highest BCUT2D eigenvalue weighted by Gasteiger charge is 1.99. The molecule has 0 bridgehead atoms. The Hall–Kier alpha value is -1.05. The van der Waals surface area contributed by atoms with E-state index in [2.05, 4.69) is 6.92 Å². The second kappa shape index (κ2) is 9.93. The van der Waals surface area contributed by atoms with Crippen LogP contribution in [0, 0.1) is 0 Å². The van der Waals surface area contributed by atoms with Crippen molar-refractivity contribution in [1.82, 2.24) is 0 Å². The van der Waals surface area contributed by atoms with E-state index >= 15 is 0 Å². The van der Waals surface area contributed by atoms with E-state index in [4.69, 9.17) is 4.42 Å². The minimum Gasteiger partial charge on any atom is -0.431 e. The Morgan fingerprint density at radius 1 is 0.944 bits per heavy atom. The molecule has 0 fully saturated rings. The van der Waals surface area contributed by atoms with Gasteiger partial charge in [0.2, 0.25) is 0 Å². The van der Waals surface area contributed by atoms with Crippen LogP contribution in [-0.4, -0.2) is 0 Å². The average Bonchev–Trinajstić information content (AvgIpc) is 2.39. The molecule has 18 heavy (non-hydrogen) atoms. The molecule has 1 aromatic rings. The normalized spacial score (nSPS) is 10.7. The van der Waals surface area contributed by atoms with Gasteiger partial charge in [-0.15, -0.1) is 0 Å². The zero-order valence-electron chi connectivity index (χ0n) is 11.6. The third-order valence-electron chi connectivity index (χ3n) is 3.36. The van der Waals surface area contributed by atoms with Gasteiger partial charge in [-0.1, -0.05) is 58.3 Å². The Labute approximate surface area is 110 Å². The third kappa shape index (κ3) is 6.63. The molecule has 2 heteroatoms. The molecule has 0 unspecified atom stereocenters. The third-order valence-corrected chi connectivity index (χ3v) is 3.36. The summed E-state index contributed by atoms with van der Waals surface area (Å²) in [6, 6.07) is 3.67. The van der Waals surface area contributed by atoms with Gasteiger partial charge < -0.3 is 4.42 Å². The molecule has 0 radical (unpaired) electrons. The summed E-state index contributed by atoms with van der Waals surface area (Å²) in [6.07, 6.45) is 14.1. The molecular formula is C16H26O2. The molecule has 0 aliphatic heterocycles. The van der Waals surface area contributed by atoms with Crippen LogP contribution in [0.15, 0.2) is 27.6 Å². The molecule has 0 aromatic carbocycles. The molecule has 0 aliphatic carbocycles. The molecule has 1 heterocycles. The molecule has 0 saturated heterocycles. The van der Waals surface area contributed by atoms with Crippen molar-refractivity contribution < 1.29 is 4.42 Å². The van der Waals surface area contributed by atoms with Gasteiger partial charge in [-0.25, -0.2) is 4.79 Å². The molecule has 0 spiro atoms. The molecule has 0 saturated carbocycles. The van der Waals surface area contributed by atoms with E-state index in [-0.39, 0.29) is 5.63 Å². The lowest BCUT2D eigenvalue weighted by Crippen LogP contribution is -2.05. The van der Waals surface area contributed by atoms with Crippen LogP contribution in [0.3, 0.4) is 0 Å². The predicted molar refractivity (Wildman–Crippen MR) is 75.9 cm³/mol. The van der Waals surface area contributed by atoms with E-state index in [0.29, 0.717) is 0 Å². The fourth-order valence-electron chi connectivity index (χ4n) is 2.21.